The quantitative estimate of drug-likeness (QED) is 0.833. The molecule has 0 spiro atoms. The fourth-order valence-electron chi connectivity index (χ4n) is 3.58. The van der Waals surface area contributed by atoms with E-state index >= 15 is 0 Å². The first-order chi connectivity index (χ1) is 12.5. The van der Waals surface area contributed by atoms with Crippen molar-refractivity contribution in [2.24, 2.45) is 0 Å². The summed E-state index contributed by atoms with van der Waals surface area (Å²) < 4.78 is 6.01. The van der Waals surface area contributed by atoms with Crippen molar-refractivity contribution in [3.63, 3.8) is 0 Å². The molecule has 2 N–H and O–H groups in total. The molecule has 0 radical (unpaired) electrons. The molecule has 2 aromatic rings. The third-order valence-electron chi connectivity index (χ3n) is 5.03. The van der Waals surface area contributed by atoms with Crippen molar-refractivity contribution in [2.45, 2.75) is 25.5 Å². The largest absolute Gasteiger partial charge is 0.478 e. The van der Waals surface area contributed by atoms with Gasteiger partial charge in [0.15, 0.2) is 0 Å². The highest BCUT2D eigenvalue weighted by Gasteiger charge is 2.37. The predicted molar refractivity (Wildman–Crippen MR) is 99.3 cm³/mol. The van der Waals surface area contributed by atoms with Crippen LogP contribution in [0.1, 0.15) is 27.0 Å². The zero-order valence-corrected chi connectivity index (χ0v) is 15.0. The van der Waals surface area contributed by atoms with Crippen molar-refractivity contribution in [3.8, 4) is 0 Å². The fourth-order valence-corrected chi connectivity index (χ4v) is 3.58. The molecular weight excluding hydrogens is 330 g/mol. The van der Waals surface area contributed by atoms with Crippen LogP contribution in [0.2, 0.25) is 0 Å². The molecule has 26 heavy (non-hydrogen) atoms. The molecule has 0 unspecified atom stereocenters. The van der Waals surface area contributed by atoms with Gasteiger partial charge in [-0.05, 0) is 29.7 Å². The van der Waals surface area contributed by atoms with Gasteiger partial charge in [-0.15, -0.1) is 0 Å². The average Bonchev–Trinajstić information content (AvgIpc) is 2.64. The van der Waals surface area contributed by atoms with Gasteiger partial charge in [-0.3, -0.25) is 4.90 Å². The molecule has 0 aromatic heterocycles. The molecule has 0 saturated carbocycles. The van der Waals surface area contributed by atoms with Gasteiger partial charge in [-0.25, -0.2) is 4.79 Å². The molecule has 1 fully saturated rings. The standard InChI is InChI=1S/C21H25NO4/c1-16-6-2-3-7-17(16)12-21(15-23)14-22(10-11-26-21)13-18-8-4-5-9-19(18)20(24)25/h2-9,23H,10-15H2,1H3,(H,24,25)/t21-/m0/s1. The highest BCUT2D eigenvalue weighted by molar-refractivity contribution is 5.89. The summed E-state index contributed by atoms with van der Waals surface area (Å²) in [5.74, 6) is -0.915. The lowest BCUT2D eigenvalue weighted by atomic mass is 9.90. The fraction of sp³-hybridized carbons (Fsp3) is 0.381. The Morgan fingerprint density at radius 3 is 2.54 bits per heavy atom. The van der Waals surface area contributed by atoms with E-state index in [2.05, 4.69) is 24.0 Å². The number of ether oxygens (including phenoxy) is 1. The predicted octanol–water partition coefficient (Wildman–Crippen LogP) is 2.50. The smallest absolute Gasteiger partial charge is 0.336 e. The number of carbonyl (C=O) groups is 1. The zero-order valence-electron chi connectivity index (χ0n) is 15.0. The summed E-state index contributed by atoms with van der Waals surface area (Å²) in [6.07, 6.45) is 0.632. The molecule has 1 aliphatic rings. The topological polar surface area (TPSA) is 70.0 Å². The molecule has 5 heteroatoms. The third kappa shape index (κ3) is 4.12. The minimum atomic E-state index is -0.915. The van der Waals surface area contributed by atoms with Crippen molar-refractivity contribution in [1.29, 1.82) is 0 Å². The minimum absolute atomic E-state index is 0.0710. The Morgan fingerprint density at radius 2 is 1.85 bits per heavy atom. The summed E-state index contributed by atoms with van der Waals surface area (Å²) >= 11 is 0. The highest BCUT2D eigenvalue weighted by Crippen LogP contribution is 2.26. The Morgan fingerprint density at radius 1 is 1.15 bits per heavy atom. The highest BCUT2D eigenvalue weighted by atomic mass is 16.5. The molecular formula is C21H25NO4. The Balaban J connectivity index is 1.77. The first kappa shape index (κ1) is 18.6. The van der Waals surface area contributed by atoms with Crippen LogP contribution in [0.25, 0.3) is 0 Å². The minimum Gasteiger partial charge on any atom is -0.478 e. The molecule has 1 saturated heterocycles. The summed E-state index contributed by atoms with van der Waals surface area (Å²) in [6, 6.07) is 15.2. The summed E-state index contributed by atoms with van der Waals surface area (Å²) in [5.41, 5.74) is 2.78. The number of nitrogens with zero attached hydrogens (tertiary/aromatic N) is 1. The number of aliphatic hydroxyl groups excluding tert-OH is 1. The van der Waals surface area contributed by atoms with Gasteiger partial charge in [0.2, 0.25) is 0 Å². The van der Waals surface area contributed by atoms with Crippen LogP contribution in [-0.2, 0) is 17.7 Å². The van der Waals surface area contributed by atoms with Crippen LogP contribution in [0, 0.1) is 6.92 Å². The van der Waals surface area contributed by atoms with Crippen molar-refractivity contribution in [1.82, 2.24) is 4.90 Å². The van der Waals surface area contributed by atoms with Crippen LogP contribution in [0.5, 0.6) is 0 Å². The van der Waals surface area contributed by atoms with E-state index in [0.29, 0.717) is 38.2 Å². The number of aromatic carboxylic acids is 1. The Labute approximate surface area is 153 Å². The summed E-state index contributed by atoms with van der Waals surface area (Å²) in [7, 11) is 0. The molecule has 138 valence electrons. The van der Waals surface area contributed by atoms with E-state index in [1.807, 2.05) is 24.3 Å². The van der Waals surface area contributed by atoms with Gasteiger partial charge in [0.25, 0.3) is 0 Å². The van der Waals surface area contributed by atoms with Gasteiger partial charge in [0, 0.05) is 26.1 Å². The second kappa shape index (κ2) is 7.99. The SMILES string of the molecule is Cc1ccccc1C[C@@]1(CO)CN(Cc2ccccc2C(=O)O)CCO1. The first-order valence-electron chi connectivity index (χ1n) is 8.86. The number of morpholine rings is 1. The zero-order chi connectivity index (χ0) is 18.6. The van der Waals surface area contributed by atoms with Crippen LogP contribution >= 0.6 is 0 Å². The van der Waals surface area contributed by atoms with Gasteiger partial charge in [0.05, 0.1) is 18.8 Å². The monoisotopic (exact) mass is 355 g/mol. The Hall–Kier alpha value is -2.21. The van der Waals surface area contributed by atoms with Crippen LogP contribution in [-0.4, -0.2) is 53.0 Å². The summed E-state index contributed by atoms with van der Waals surface area (Å²) in [5, 5.41) is 19.5. The number of carboxylic acids is 1. The van der Waals surface area contributed by atoms with Crippen molar-refractivity contribution >= 4 is 5.97 Å². The van der Waals surface area contributed by atoms with Gasteiger partial charge in [0.1, 0.15) is 5.60 Å². The van der Waals surface area contributed by atoms with Crippen LogP contribution in [0.3, 0.4) is 0 Å². The number of aliphatic hydroxyl groups is 1. The number of hydrogen-bond acceptors (Lipinski definition) is 4. The maximum Gasteiger partial charge on any atom is 0.336 e. The summed E-state index contributed by atoms with van der Waals surface area (Å²) in [4.78, 5) is 13.6. The number of hydrogen-bond donors (Lipinski definition) is 2. The lowest BCUT2D eigenvalue weighted by Crippen LogP contribution is -2.55. The van der Waals surface area contributed by atoms with Crippen LogP contribution in [0.15, 0.2) is 48.5 Å². The van der Waals surface area contributed by atoms with E-state index in [4.69, 9.17) is 4.74 Å². The molecule has 1 heterocycles. The van der Waals surface area contributed by atoms with Crippen LogP contribution < -0.4 is 0 Å². The number of aryl methyl sites for hydroxylation is 1. The van der Waals surface area contributed by atoms with Gasteiger partial charge in [-0.2, -0.15) is 0 Å². The van der Waals surface area contributed by atoms with E-state index < -0.39 is 11.6 Å². The lowest BCUT2D eigenvalue weighted by Gasteiger charge is -2.42. The van der Waals surface area contributed by atoms with E-state index in [1.165, 1.54) is 5.56 Å². The van der Waals surface area contributed by atoms with Crippen molar-refractivity contribution < 1.29 is 19.7 Å². The number of rotatable bonds is 6. The van der Waals surface area contributed by atoms with Crippen LogP contribution in [0.4, 0.5) is 0 Å². The molecule has 0 aliphatic carbocycles. The molecule has 1 aliphatic heterocycles. The van der Waals surface area contributed by atoms with E-state index in [1.54, 1.807) is 12.1 Å². The van der Waals surface area contributed by atoms with Crippen molar-refractivity contribution in [2.75, 3.05) is 26.3 Å². The third-order valence-corrected chi connectivity index (χ3v) is 5.03. The van der Waals surface area contributed by atoms with E-state index in [9.17, 15) is 15.0 Å². The van der Waals surface area contributed by atoms with E-state index in [-0.39, 0.29) is 6.61 Å². The van der Waals surface area contributed by atoms with Gasteiger partial charge >= 0.3 is 5.97 Å². The van der Waals surface area contributed by atoms with Crippen molar-refractivity contribution in [3.05, 3.63) is 70.8 Å². The second-order valence-corrected chi connectivity index (χ2v) is 6.97. The molecule has 0 bridgehead atoms. The number of benzene rings is 2. The summed E-state index contributed by atoms with van der Waals surface area (Å²) in [6.45, 7) is 4.31. The number of carboxylic acid groups (broad SMARTS) is 1. The maximum atomic E-state index is 11.4. The lowest BCUT2D eigenvalue weighted by molar-refractivity contribution is -0.134. The Bertz CT molecular complexity index is 776. The maximum absolute atomic E-state index is 11.4. The molecule has 1 atom stereocenters. The van der Waals surface area contributed by atoms with E-state index in [0.717, 1.165) is 11.1 Å². The molecule has 2 aromatic carbocycles. The average molecular weight is 355 g/mol. The van der Waals surface area contributed by atoms with Gasteiger partial charge in [-0.1, -0.05) is 42.5 Å². The Kier molecular flexibility index (Phi) is 5.71. The first-order valence-corrected chi connectivity index (χ1v) is 8.86. The van der Waals surface area contributed by atoms with Gasteiger partial charge < -0.3 is 14.9 Å². The second-order valence-electron chi connectivity index (χ2n) is 6.97. The molecule has 5 nitrogen and oxygen atoms in total. The normalized spacial score (nSPS) is 20.8. The molecule has 3 rings (SSSR count). The molecule has 0 amide bonds.